The summed E-state index contributed by atoms with van der Waals surface area (Å²) in [5, 5.41) is 7.62. The zero-order valence-electron chi connectivity index (χ0n) is 35.0. The molecule has 0 amide bonds. The van der Waals surface area contributed by atoms with Crippen molar-refractivity contribution >= 4 is 77.7 Å². The van der Waals surface area contributed by atoms with Crippen molar-refractivity contribution in [2.75, 3.05) is 0 Å². The highest BCUT2D eigenvalue weighted by Gasteiger charge is 2.41. The van der Waals surface area contributed by atoms with E-state index in [1.165, 1.54) is 71.0 Å². The van der Waals surface area contributed by atoms with E-state index in [2.05, 4.69) is 221 Å². The summed E-state index contributed by atoms with van der Waals surface area (Å²) in [4.78, 5) is 0. The maximum absolute atomic E-state index is 6.99. The van der Waals surface area contributed by atoms with Gasteiger partial charge in [0.05, 0.1) is 27.6 Å². The summed E-state index contributed by atoms with van der Waals surface area (Å²) < 4.78 is 18.7. The average Bonchev–Trinajstić information content (AvgIpc) is 4.01. The summed E-state index contributed by atoms with van der Waals surface area (Å²) >= 11 is 0. The molecular formula is C60H35BN2O2. The molecular weight excluding hydrogens is 791 g/mol. The second kappa shape index (κ2) is 13.0. The number of ether oxygens (including phenoxy) is 1. The van der Waals surface area contributed by atoms with E-state index in [4.69, 9.17) is 9.39 Å². The van der Waals surface area contributed by atoms with Gasteiger partial charge in [-0.05, 0) is 118 Å². The van der Waals surface area contributed by atoms with Crippen LogP contribution < -0.4 is 20.3 Å². The van der Waals surface area contributed by atoms with Crippen molar-refractivity contribution in [3.63, 3.8) is 0 Å². The van der Waals surface area contributed by atoms with Gasteiger partial charge in [-0.1, -0.05) is 133 Å². The molecule has 0 atom stereocenters. The Balaban J connectivity index is 0.841. The Hall–Kier alpha value is -8.54. The molecule has 10 aromatic carbocycles. The zero-order chi connectivity index (χ0) is 42.3. The molecule has 5 heteroatoms. The van der Waals surface area contributed by atoms with E-state index in [-0.39, 0.29) is 6.92 Å². The first-order valence-electron chi connectivity index (χ1n) is 22.3. The summed E-state index contributed by atoms with van der Waals surface area (Å²) in [6.45, 7) is -0.330. The molecule has 13 aromatic rings. The van der Waals surface area contributed by atoms with Crippen LogP contribution >= 0.6 is 0 Å². The zero-order valence-corrected chi connectivity index (χ0v) is 35.0. The number of benzene rings is 10. The number of hydrogen-bond donors (Lipinski definition) is 0. The molecule has 0 fully saturated rings. The standard InChI is InChI=1S/C60H35BN2O2/c1-6-22-52-43(17-1)44-18-2-7-23-53(44)62(52)42-16-12-15-38(30-42)41-31-48-47-21-5-10-26-56(47)65-61-51-34-39(27-28-57(51)64-58(35-41)59(48)61)36-13-11-14-37(29-36)40-32-49-45-19-3-8-24-54(45)63-55-25-9-4-20-46(55)50(33-40)60(49)63/h1-35H. The largest absolute Gasteiger partial charge is 0.551 e. The topological polar surface area (TPSA) is 27.8 Å². The van der Waals surface area contributed by atoms with Crippen LogP contribution in [-0.4, -0.2) is 15.9 Å². The Morgan fingerprint density at radius 1 is 0.338 bits per heavy atom. The first kappa shape index (κ1) is 35.0. The monoisotopic (exact) mass is 826 g/mol. The molecule has 65 heavy (non-hydrogen) atoms. The van der Waals surface area contributed by atoms with Crippen LogP contribution in [0.4, 0.5) is 0 Å². The average molecular weight is 827 g/mol. The van der Waals surface area contributed by atoms with E-state index in [1.807, 2.05) is 0 Å². The molecule has 0 aliphatic carbocycles. The molecule has 0 spiro atoms. The molecule has 0 bridgehead atoms. The highest BCUT2D eigenvalue weighted by Crippen LogP contribution is 2.45. The van der Waals surface area contributed by atoms with Gasteiger partial charge in [0.25, 0.3) is 0 Å². The van der Waals surface area contributed by atoms with E-state index in [0.717, 1.165) is 67.2 Å². The summed E-state index contributed by atoms with van der Waals surface area (Å²) in [6.07, 6.45) is 0. The van der Waals surface area contributed by atoms with Crippen LogP contribution in [0.3, 0.4) is 0 Å². The lowest BCUT2D eigenvalue weighted by Gasteiger charge is -2.33. The third-order valence-corrected chi connectivity index (χ3v) is 14.1. The van der Waals surface area contributed by atoms with E-state index in [9.17, 15) is 0 Å². The smallest absolute Gasteiger partial charge is 0.434 e. The molecule has 3 aromatic heterocycles. The van der Waals surface area contributed by atoms with Gasteiger partial charge in [-0.15, -0.1) is 0 Å². The molecule has 0 saturated carbocycles. The van der Waals surface area contributed by atoms with Crippen molar-refractivity contribution in [1.29, 1.82) is 0 Å². The number of para-hydroxylation sites is 5. The molecule has 300 valence electrons. The van der Waals surface area contributed by atoms with Crippen molar-refractivity contribution in [3.05, 3.63) is 212 Å². The number of aromatic nitrogens is 2. The number of nitrogens with zero attached hydrogens (tertiary/aromatic N) is 2. The van der Waals surface area contributed by atoms with Gasteiger partial charge >= 0.3 is 6.92 Å². The van der Waals surface area contributed by atoms with Crippen molar-refractivity contribution in [2.45, 2.75) is 0 Å². The lowest BCUT2D eigenvalue weighted by Crippen LogP contribution is -2.53. The molecule has 0 N–H and O–H groups in total. The van der Waals surface area contributed by atoms with E-state index >= 15 is 0 Å². The Morgan fingerprint density at radius 3 is 1.60 bits per heavy atom. The van der Waals surface area contributed by atoms with E-state index < -0.39 is 0 Å². The Labute approximate surface area is 374 Å². The summed E-state index contributed by atoms with van der Waals surface area (Å²) in [5.41, 5.74) is 18.4. The van der Waals surface area contributed by atoms with Crippen molar-refractivity contribution < 1.29 is 9.39 Å². The maximum atomic E-state index is 6.99. The van der Waals surface area contributed by atoms with Crippen molar-refractivity contribution in [2.24, 2.45) is 0 Å². The molecule has 2 aliphatic rings. The second-order valence-corrected chi connectivity index (χ2v) is 17.6. The minimum absolute atomic E-state index is 0.330. The lowest BCUT2D eigenvalue weighted by atomic mass is 9.50. The van der Waals surface area contributed by atoms with Gasteiger partial charge in [-0.25, -0.2) is 0 Å². The molecule has 0 radical (unpaired) electrons. The number of hydrogen-bond acceptors (Lipinski definition) is 2. The van der Waals surface area contributed by atoms with Crippen LogP contribution in [0, 0.1) is 0 Å². The Bertz CT molecular complexity index is 4020. The Kier molecular flexibility index (Phi) is 7.00. The minimum Gasteiger partial charge on any atom is -0.551 e. The first-order chi connectivity index (χ1) is 32.2. The highest BCUT2D eigenvalue weighted by atomic mass is 16.5. The Morgan fingerprint density at radius 2 is 0.892 bits per heavy atom. The van der Waals surface area contributed by atoms with Crippen LogP contribution in [0.25, 0.3) is 110 Å². The van der Waals surface area contributed by atoms with Gasteiger partial charge in [0.15, 0.2) is 0 Å². The van der Waals surface area contributed by atoms with Gasteiger partial charge in [-0.2, -0.15) is 0 Å². The summed E-state index contributed by atoms with van der Waals surface area (Å²) in [5.74, 6) is 2.51. The maximum Gasteiger partial charge on any atom is 0.434 e. The highest BCUT2D eigenvalue weighted by molar-refractivity contribution is 6.84. The first-order valence-corrected chi connectivity index (χ1v) is 22.3. The van der Waals surface area contributed by atoms with E-state index in [0.29, 0.717) is 0 Å². The molecule has 15 rings (SSSR count). The summed E-state index contributed by atoms with van der Waals surface area (Å²) in [6, 6.07) is 77.0. The van der Waals surface area contributed by atoms with Crippen molar-refractivity contribution in [1.82, 2.24) is 8.97 Å². The SMILES string of the molecule is c1cc(-c2ccc3c(c2)B2Oc4ccccc4-c4cc(-c5cccc(-n6c7ccccc7c7ccccc76)c5)cc(c42)O3)cc(-c2cc3c4ccccc4n4c5ccccc5c(c2)c34)c1. The second-order valence-electron chi connectivity index (χ2n) is 17.6. The van der Waals surface area contributed by atoms with Gasteiger partial charge in [-0.3, -0.25) is 0 Å². The third-order valence-electron chi connectivity index (χ3n) is 14.1. The molecule has 4 nitrogen and oxygen atoms in total. The van der Waals surface area contributed by atoms with E-state index in [1.54, 1.807) is 0 Å². The minimum atomic E-state index is -0.330. The van der Waals surface area contributed by atoms with Crippen molar-refractivity contribution in [3.8, 4) is 67.4 Å². The number of fused-ring (bicyclic) bond motifs is 13. The molecule has 5 heterocycles. The van der Waals surface area contributed by atoms with Crippen LogP contribution in [-0.2, 0) is 0 Å². The lowest BCUT2D eigenvalue weighted by molar-refractivity contribution is 0.479. The summed E-state index contributed by atoms with van der Waals surface area (Å²) in [7, 11) is 0. The fraction of sp³-hybridized carbons (Fsp3) is 0. The fourth-order valence-electron chi connectivity index (χ4n) is 11.2. The molecule has 0 saturated heterocycles. The normalized spacial score (nSPS) is 12.8. The quantitative estimate of drug-likeness (QED) is 0.165. The predicted octanol–water partition coefficient (Wildman–Crippen LogP) is 14.2. The number of rotatable bonds is 4. The van der Waals surface area contributed by atoms with Crippen LogP contribution in [0.2, 0.25) is 0 Å². The predicted molar refractivity (Wildman–Crippen MR) is 269 cm³/mol. The van der Waals surface area contributed by atoms with Crippen LogP contribution in [0.5, 0.6) is 17.2 Å². The van der Waals surface area contributed by atoms with Crippen LogP contribution in [0.15, 0.2) is 212 Å². The van der Waals surface area contributed by atoms with Gasteiger partial charge in [0.2, 0.25) is 0 Å². The molecule has 2 aliphatic heterocycles. The van der Waals surface area contributed by atoms with Crippen LogP contribution in [0.1, 0.15) is 0 Å². The van der Waals surface area contributed by atoms with Gasteiger partial charge in [0.1, 0.15) is 17.2 Å². The fourth-order valence-corrected chi connectivity index (χ4v) is 11.2. The van der Waals surface area contributed by atoms with Gasteiger partial charge in [0, 0.05) is 54.5 Å². The molecule has 0 unspecified atom stereocenters. The van der Waals surface area contributed by atoms with Gasteiger partial charge < -0.3 is 18.4 Å². The third kappa shape index (κ3) is 4.92.